The Hall–Kier alpha value is -2.68. The lowest BCUT2D eigenvalue weighted by Crippen LogP contribution is -2.17. The number of allylic oxidation sites excluding steroid dienone is 2. The highest BCUT2D eigenvalue weighted by Gasteiger charge is 2.23. The van der Waals surface area contributed by atoms with Crippen LogP contribution in [0.3, 0.4) is 0 Å². The van der Waals surface area contributed by atoms with E-state index in [4.69, 9.17) is 5.11 Å². The van der Waals surface area contributed by atoms with E-state index in [2.05, 4.69) is 6.58 Å². The largest absolute Gasteiger partial charge is 0.515 e. The molecule has 0 fully saturated rings. The Balaban J connectivity index is 2.57. The van der Waals surface area contributed by atoms with Crippen LogP contribution in [0.15, 0.2) is 60.4 Å². The Morgan fingerprint density at radius 1 is 1.10 bits per heavy atom. The van der Waals surface area contributed by atoms with E-state index in [0.717, 1.165) is 16.3 Å². The topological polar surface area (TPSA) is 54.4 Å². The second-order valence-electron chi connectivity index (χ2n) is 4.96. The first-order valence-electron chi connectivity index (χ1n) is 6.55. The van der Waals surface area contributed by atoms with E-state index < -0.39 is 11.6 Å². The molecular formula is C18H16O3. The van der Waals surface area contributed by atoms with Crippen LogP contribution in [0.5, 0.6) is 0 Å². The van der Waals surface area contributed by atoms with Gasteiger partial charge in [-0.05, 0) is 35.8 Å². The quantitative estimate of drug-likeness (QED) is 0.303. The molecule has 21 heavy (non-hydrogen) atoms. The lowest BCUT2D eigenvalue weighted by molar-refractivity contribution is -0.111. The van der Waals surface area contributed by atoms with Gasteiger partial charge in [0.05, 0.1) is 11.8 Å². The molecular weight excluding hydrogens is 264 g/mol. The zero-order chi connectivity index (χ0) is 15.6. The van der Waals surface area contributed by atoms with E-state index in [1.165, 1.54) is 0 Å². The molecule has 0 heterocycles. The fourth-order valence-electron chi connectivity index (χ4n) is 2.27. The summed E-state index contributed by atoms with van der Waals surface area (Å²) in [5.74, 6) is -1.39. The van der Waals surface area contributed by atoms with Crippen molar-refractivity contribution in [1.82, 2.24) is 0 Å². The Morgan fingerprint density at radius 2 is 1.71 bits per heavy atom. The second kappa shape index (κ2) is 5.75. The number of aliphatic hydroxyl groups is 1. The van der Waals surface area contributed by atoms with Crippen LogP contribution in [-0.4, -0.2) is 16.7 Å². The molecule has 0 amide bonds. The fraction of sp³-hybridized carbons (Fsp3) is 0.111. The number of fused-ring (bicyclic) bond motifs is 1. The predicted octanol–water partition coefficient (Wildman–Crippen LogP) is 3.92. The molecule has 0 spiro atoms. The number of Topliss-reactive ketones (excluding diaryl/α,β-unsaturated/α-hetero) is 2. The van der Waals surface area contributed by atoms with Gasteiger partial charge in [-0.1, -0.05) is 43.0 Å². The van der Waals surface area contributed by atoms with Crippen LogP contribution < -0.4 is 0 Å². The molecule has 2 rings (SSSR count). The number of benzene rings is 2. The molecule has 0 aliphatic heterocycles. The predicted molar refractivity (Wildman–Crippen MR) is 83.5 cm³/mol. The number of carbonyl (C=O) groups excluding carboxylic acids is 2. The monoisotopic (exact) mass is 280 g/mol. The van der Waals surface area contributed by atoms with Crippen molar-refractivity contribution in [2.24, 2.45) is 0 Å². The number of aliphatic hydroxyl groups excluding tert-OH is 1. The summed E-state index contributed by atoms with van der Waals surface area (Å²) in [5.41, 5.74) is 1.66. The highest BCUT2D eigenvalue weighted by molar-refractivity contribution is 6.51. The van der Waals surface area contributed by atoms with Gasteiger partial charge in [0, 0.05) is 5.56 Å². The van der Waals surface area contributed by atoms with Crippen molar-refractivity contribution >= 4 is 22.3 Å². The minimum Gasteiger partial charge on any atom is -0.515 e. The molecule has 3 nitrogen and oxygen atoms in total. The molecule has 3 heteroatoms. The first kappa shape index (κ1) is 14.7. The standard InChI is InChI=1S/C18H16O3/c1-11(2)16(10-19)18(21)17(20)15-9-5-7-13-12(3)6-4-8-14(13)15/h4-10,19H,1H2,2-3H3/b16-10+. The van der Waals surface area contributed by atoms with Gasteiger partial charge in [-0.3, -0.25) is 9.59 Å². The van der Waals surface area contributed by atoms with Crippen molar-refractivity contribution in [1.29, 1.82) is 0 Å². The lowest BCUT2D eigenvalue weighted by atomic mass is 9.93. The summed E-state index contributed by atoms with van der Waals surface area (Å²) in [7, 11) is 0. The fourth-order valence-corrected chi connectivity index (χ4v) is 2.27. The molecule has 0 saturated carbocycles. The molecule has 0 atom stereocenters. The maximum atomic E-state index is 12.4. The number of ketones is 2. The van der Waals surface area contributed by atoms with Crippen molar-refractivity contribution in [3.05, 3.63) is 71.5 Å². The average molecular weight is 280 g/mol. The van der Waals surface area contributed by atoms with Crippen LogP contribution in [0.1, 0.15) is 22.8 Å². The highest BCUT2D eigenvalue weighted by atomic mass is 16.2. The Morgan fingerprint density at radius 3 is 2.33 bits per heavy atom. The summed E-state index contributed by atoms with van der Waals surface area (Å²) in [4.78, 5) is 24.6. The van der Waals surface area contributed by atoms with Gasteiger partial charge in [0.2, 0.25) is 11.6 Å². The minimum absolute atomic E-state index is 0.0651. The van der Waals surface area contributed by atoms with E-state index >= 15 is 0 Å². The van der Waals surface area contributed by atoms with Crippen LogP contribution in [-0.2, 0) is 4.79 Å². The number of hydrogen-bond acceptors (Lipinski definition) is 3. The van der Waals surface area contributed by atoms with Crippen molar-refractivity contribution < 1.29 is 14.7 Å². The van der Waals surface area contributed by atoms with E-state index in [9.17, 15) is 9.59 Å². The van der Waals surface area contributed by atoms with E-state index in [-0.39, 0.29) is 5.57 Å². The summed E-state index contributed by atoms with van der Waals surface area (Å²) in [6.45, 7) is 7.12. The molecule has 106 valence electrons. The van der Waals surface area contributed by atoms with Gasteiger partial charge in [0.1, 0.15) is 0 Å². The normalized spacial score (nSPS) is 11.4. The van der Waals surface area contributed by atoms with E-state index in [0.29, 0.717) is 17.4 Å². The molecule has 0 unspecified atom stereocenters. The lowest BCUT2D eigenvalue weighted by Gasteiger charge is -2.08. The maximum absolute atomic E-state index is 12.4. The minimum atomic E-state index is -0.751. The smallest absolute Gasteiger partial charge is 0.236 e. The van der Waals surface area contributed by atoms with Crippen LogP contribution in [0.2, 0.25) is 0 Å². The second-order valence-corrected chi connectivity index (χ2v) is 4.96. The maximum Gasteiger partial charge on any atom is 0.236 e. The van der Waals surface area contributed by atoms with Gasteiger partial charge >= 0.3 is 0 Å². The summed E-state index contributed by atoms with van der Waals surface area (Å²) in [6.07, 6.45) is 0.638. The molecule has 1 N–H and O–H groups in total. The van der Waals surface area contributed by atoms with Crippen molar-refractivity contribution in [3.8, 4) is 0 Å². The van der Waals surface area contributed by atoms with Gasteiger partial charge in [-0.2, -0.15) is 0 Å². The molecule has 0 bridgehead atoms. The SMILES string of the molecule is C=C(C)/C(=C\O)C(=O)C(=O)c1cccc2c(C)cccc12. The van der Waals surface area contributed by atoms with Crippen molar-refractivity contribution in [2.45, 2.75) is 13.8 Å². The average Bonchev–Trinajstić information content (AvgIpc) is 2.46. The van der Waals surface area contributed by atoms with Crippen LogP contribution in [0.25, 0.3) is 10.8 Å². The van der Waals surface area contributed by atoms with E-state index in [1.54, 1.807) is 19.1 Å². The first-order valence-corrected chi connectivity index (χ1v) is 6.55. The van der Waals surface area contributed by atoms with Crippen LogP contribution in [0, 0.1) is 6.92 Å². The van der Waals surface area contributed by atoms with Gasteiger partial charge < -0.3 is 5.11 Å². The van der Waals surface area contributed by atoms with Crippen molar-refractivity contribution in [3.63, 3.8) is 0 Å². The van der Waals surface area contributed by atoms with Gasteiger partial charge in [-0.15, -0.1) is 0 Å². The third kappa shape index (κ3) is 2.63. The molecule has 0 radical (unpaired) electrons. The number of carbonyl (C=O) groups is 2. The molecule has 0 aliphatic rings. The van der Waals surface area contributed by atoms with Crippen LogP contribution in [0.4, 0.5) is 0 Å². The third-order valence-corrected chi connectivity index (χ3v) is 3.42. The van der Waals surface area contributed by atoms with Gasteiger partial charge in [-0.25, -0.2) is 0 Å². The molecule has 0 aromatic heterocycles. The summed E-state index contributed by atoms with van der Waals surface area (Å²) in [6, 6.07) is 10.9. The summed E-state index contributed by atoms with van der Waals surface area (Å²) >= 11 is 0. The van der Waals surface area contributed by atoms with E-state index in [1.807, 2.05) is 31.2 Å². The van der Waals surface area contributed by atoms with Gasteiger partial charge in [0.25, 0.3) is 0 Å². The molecule has 2 aromatic carbocycles. The van der Waals surface area contributed by atoms with Crippen molar-refractivity contribution in [2.75, 3.05) is 0 Å². The third-order valence-electron chi connectivity index (χ3n) is 3.42. The number of aryl methyl sites for hydroxylation is 1. The summed E-state index contributed by atoms with van der Waals surface area (Å²) in [5, 5.41) is 10.8. The zero-order valence-corrected chi connectivity index (χ0v) is 12.0. The number of rotatable bonds is 4. The number of hydrogen-bond donors (Lipinski definition) is 1. The molecule has 2 aromatic rings. The Bertz CT molecular complexity index is 782. The van der Waals surface area contributed by atoms with Gasteiger partial charge in [0.15, 0.2) is 0 Å². The summed E-state index contributed by atoms with van der Waals surface area (Å²) < 4.78 is 0. The molecule has 0 saturated heterocycles. The Labute approximate surface area is 123 Å². The Kier molecular flexibility index (Phi) is 4.03. The zero-order valence-electron chi connectivity index (χ0n) is 12.0. The molecule has 0 aliphatic carbocycles. The highest BCUT2D eigenvalue weighted by Crippen LogP contribution is 2.23. The van der Waals surface area contributed by atoms with Crippen LogP contribution >= 0.6 is 0 Å². The first-order chi connectivity index (χ1) is 9.97.